The van der Waals surface area contributed by atoms with E-state index in [0.29, 0.717) is 12.3 Å². The number of hydrogen-bond acceptors (Lipinski definition) is 2. The minimum absolute atomic E-state index is 0.280. The molecule has 0 aliphatic rings. The van der Waals surface area contributed by atoms with E-state index in [1.807, 2.05) is 12.1 Å². The van der Waals surface area contributed by atoms with Crippen LogP contribution in [0, 0.1) is 5.92 Å². The molecule has 2 N–H and O–H groups in total. The lowest BCUT2D eigenvalue weighted by atomic mass is 9.94. The second kappa shape index (κ2) is 5.82. The molecule has 1 aromatic carbocycles. The molecule has 0 aromatic heterocycles. The van der Waals surface area contributed by atoms with Crippen molar-refractivity contribution in [3.8, 4) is 0 Å². The fraction of sp³-hybridized carbons (Fsp3) is 0.500. The van der Waals surface area contributed by atoms with Gasteiger partial charge in [0.1, 0.15) is 0 Å². The number of aliphatic carboxylic acids is 1. The smallest absolute Gasteiger partial charge is 0.332 e. The van der Waals surface area contributed by atoms with Crippen molar-refractivity contribution in [3.05, 3.63) is 35.4 Å². The summed E-state index contributed by atoms with van der Waals surface area (Å²) in [4.78, 5) is 10.6. The molecule has 1 aromatic rings. The maximum atomic E-state index is 10.6. The minimum atomic E-state index is -1.29. The van der Waals surface area contributed by atoms with Gasteiger partial charge >= 0.3 is 5.97 Å². The average Bonchev–Trinajstić information content (AvgIpc) is 2.28. The normalized spacial score (nSPS) is 14.6. The lowest BCUT2D eigenvalue weighted by Crippen LogP contribution is -2.28. The molecule has 0 saturated heterocycles. The monoisotopic (exact) mass is 236 g/mol. The Hall–Kier alpha value is -1.35. The molecule has 0 fully saturated rings. The van der Waals surface area contributed by atoms with Crippen molar-refractivity contribution in [2.75, 3.05) is 0 Å². The maximum absolute atomic E-state index is 10.6. The predicted molar refractivity (Wildman–Crippen MR) is 67.0 cm³/mol. The highest BCUT2D eigenvalue weighted by Gasteiger charge is 2.21. The zero-order valence-electron chi connectivity index (χ0n) is 10.6. The van der Waals surface area contributed by atoms with Crippen LogP contribution in [0.3, 0.4) is 0 Å². The summed E-state index contributed by atoms with van der Waals surface area (Å²) in [5.74, 6) is -0.945. The Morgan fingerprint density at radius 3 is 2.12 bits per heavy atom. The number of carboxylic acid groups (broad SMARTS) is 1. The summed E-state index contributed by atoms with van der Waals surface area (Å²) >= 11 is 0. The van der Waals surface area contributed by atoms with Crippen LogP contribution in [0.25, 0.3) is 0 Å². The van der Waals surface area contributed by atoms with Gasteiger partial charge in [-0.15, -0.1) is 0 Å². The van der Waals surface area contributed by atoms with Crippen LogP contribution < -0.4 is 0 Å². The molecule has 0 aliphatic carbocycles. The van der Waals surface area contributed by atoms with E-state index in [1.54, 1.807) is 6.92 Å². The first-order valence-corrected chi connectivity index (χ1v) is 5.91. The summed E-state index contributed by atoms with van der Waals surface area (Å²) in [7, 11) is 0. The average molecular weight is 236 g/mol. The summed E-state index contributed by atoms with van der Waals surface area (Å²) in [5, 5.41) is 18.1. The van der Waals surface area contributed by atoms with Gasteiger partial charge in [0, 0.05) is 0 Å². The molecular weight excluding hydrogens is 216 g/mol. The molecule has 0 heterocycles. The Balaban J connectivity index is 2.66. The van der Waals surface area contributed by atoms with Crippen molar-refractivity contribution in [3.63, 3.8) is 0 Å². The molecule has 0 aliphatic heterocycles. The van der Waals surface area contributed by atoms with E-state index in [1.165, 1.54) is 5.56 Å². The minimum Gasteiger partial charge on any atom is -0.479 e. The van der Waals surface area contributed by atoms with Gasteiger partial charge in [-0.2, -0.15) is 0 Å². The van der Waals surface area contributed by atoms with Gasteiger partial charge in [-0.3, -0.25) is 0 Å². The topological polar surface area (TPSA) is 57.5 Å². The molecule has 3 nitrogen and oxygen atoms in total. The molecule has 0 bridgehead atoms. The fourth-order valence-electron chi connectivity index (χ4n) is 1.77. The van der Waals surface area contributed by atoms with Gasteiger partial charge < -0.3 is 10.2 Å². The molecule has 2 atom stereocenters. The van der Waals surface area contributed by atoms with Gasteiger partial charge in [-0.1, -0.05) is 45.0 Å². The van der Waals surface area contributed by atoms with Crippen LogP contribution >= 0.6 is 0 Å². The van der Waals surface area contributed by atoms with Crippen LogP contribution in [-0.4, -0.2) is 22.3 Å². The van der Waals surface area contributed by atoms with E-state index in [9.17, 15) is 9.90 Å². The van der Waals surface area contributed by atoms with E-state index in [4.69, 9.17) is 5.11 Å². The highest BCUT2D eigenvalue weighted by Crippen LogP contribution is 2.17. The van der Waals surface area contributed by atoms with Gasteiger partial charge in [0.15, 0.2) is 6.10 Å². The second-order valence-electron chi connectivity index (χ2n) is 4.86. The van der Waals surface area contributed by atoms with Gasteiger partial charge in [0.25, 0.3) is 0 Å². The summed E-state index contributed by atoms with van der Waals surface area (Å²) in [5.41, 5.74) is 2.32. The van der Waals surface area contributed by atoms with E-state index in [2.05, 4.69) is 26.0 Å². The Morgan fingerprint density at radius 1 is 1.18 bits per heavy atom. The summed E-state index contributed by atoms with van der Waals surface area (Å²) in [6.07, 6.45) is -0.717. The first kappa shape index (κ1) is 13.7. The van der Waals surface area contributed by atoms with Gasteiger partial charge in [0.2, 0.25) is 0 Å². The second-order valence-corrected chi connectivity index (χ2v) is 4.86. The molecule has 0 saturated carbocycles. The largest absolute Gasteiger partial charge is 0.479 e. The van der Waals surface area contributed by atoms with E-state index >= 15 is 0 Å². The van der Waals surface area contributed by atoms with Crippen LogP contribution in [0.15, 0.2) is 24.3 Å². The zero-order chi connectivity index (χ0) is 13.0. The number of aliphatic hydroxyl groups excluding tert-OH is 1. The SMILES string of the molecule is CC(C)c1ccc(CC(C)C(O)C(=O)O)cc1. The van der Waals surface area contributed by atoms with Crippen LogP contribution in [-0.2, 0) is 11.2 Å². The number of hydrogen-bond donors (Lipinski definition) is 2. The zero-order valence-corrected chi connectivity index (χ0v) is 10.6. The summed E-state index contributed by atoms with van der Waals surface area (Å²) in [6.45, 7) is 6.01. The molecule has 17 heavy (non-hydrogen) atoms. The number of carboxylic acids is 1. The number of rotatable bonds is 5. The van der Waals surface area contributed by atoms with E-state index in [-0.39, 0.29) is 5.92 Å². The number of aliphatic hydroxyl groups is 1. The van der Waals surface area contributed by atoms with Crippen molar-refractivity contribution in [2.24, 2.45) is 5.92 Å². The summed E-state index contributed by atoms with van der Waals surface area (Å²) < 4.78 is 0. The van der Waals surface area contributed by atoms with Crippen LogP contribution in [0.2, 0.25) is 0 Å². The lowest BCUT2D eigenvalue weighted by Gasteiger charge is -2.15. The highest BCUT2D eigenvalue weighted by atomic mass is 16.4. The van der Waals surface area contributed by atoms with Crippen molar-refractivity contribution in [1.29, 1.82) is 0 Å². The molecular formula is C14H20O3. The quantitative estimate of drug-likeness (QED) is 0.825. The number of carbonyl (C=O) groups is 1. The first-order valence-electron chi connectivity index (χ1n) is 5.91. The van der Waals surface area contributed by atoms with Crippen LogP contribution in [0.1, 0.15) is 37.8 Å². The highest BCUT2D eigenvalue weighted by molar-refractivity contribution is 5.72. The maximum Gasteiger partial charge on any atom is 0.332 e. The fourth-order valence-corrected chi connectivity index (χ4v) is 1.77. The van der Waals surface area contributed by atoms with Crippen LogP contribution in [0.5, 0.6) is 0 Å². The Bertz CT molecular complexity index is 368. The Labute approximate surface area is 102 Å². The van der Waals surface area contributed by atoms with Gasteiger partial charge in [0.05, 0.1) is 0 Å². The third-order valence-electron chi connectivity index (χ3n) is 3.00. The molecule has 2 unspecified atom stereocenters. The molecule has 1 rings (SSSR count). The summed E-state index contributed by atoms with van der Waals surface area (Å²) in [6, 6.07) is 8.11. The van der Waals surface area contributed by atoms with E-state index in [0.717, 1.165) is 5.56 Å². The lowest BCUT2D eigenvalue weighted by molar-refractivity contribution is -0.149. The predicted octanol–water partition coefficient (Wildman–Crippen LogP) is 2.43. The molecule has 3 heteroatoms. The van der Waals surface area contributed by atoms with Crippen molar-refractivity contribution < 1.29 is 15.0 Å². The molecule has 0 amide bonds. The molecule has 94 valence electrons. The van der Waals surface area contributed by atoms with Gasteiger partial charge in [-0.25, -0.2) is 4.79 Å². The molecule has 0 spiro atoms. The third-order valence-corrected chi connectivity index (χ3v) is 3.00. The Kier molecular flexibility index (Phi) is 4.70. The van der Waals surface area contributed by atoms with Crippen molar-refractivity contribution in [1.82, 2.24) is 0 Å². The van der Waals surface area contributed by atoms with Crippen molar-refractivity contribution >= 4 is 5.97 Å². The first-order chi connectivity index (χ1) is 7.91. The molecule has 0 radical (unpaired) electrons. The third kappa shape index (κ3) is 3.86. The standard InChI is InChI=1S/C14H20O3/c1-9(2)12-6-4-11(5-7-12)8-10(3)13(15)14(16)17/h4-7,9-10,13,15H,8H2,1-3H3,(H,16,17). The Morgan fingerprint density at radius 2 is 1.71 bits per heavy atom. The number of benzene rings is 1. The van der Waals surface area contributed by atoms with Crippen molar-refractivity contribution in [2.45, 2.75) is 39.2 Å². The van der Waals surface area contributed by atoms with Crippen LogP contribution in [0.4, 0.5) is 0 Å². The van der Waals surface area contributed by atoms with Gasteiger partial charge in [-0.05, 0) is 29.4 Å². The van der Waals surface area contributed by atoms with E-state index < -0.39 is 12.1 Å².